The number of nitrogens with zero attached hydrogens (tertiary/aromatic N) is 1. The minimum Gasteiger partial charge on any atom is -0.373 e. The van der Waals surface area contributed by atoms with Crippen LogP contribution in [0.4, 0.5) is 0 Å². The zero-order valence-electron chi connectivity index (χ0n) is 8.82. The summed E-state index contributed by atoms with van der Waals surface area (Å²) in [6.45, 7) is 6.84. The topological polar surface area (TPSA) is 81.6 Å². The zero-order valence-corrected chi connectivity index (χ0v) is 8.82. The van der Waals surface area contributed by atoms with Gasteiger partial charge in [-0.05, 0) is 13.8 Å². The van der Waals surface area contributed by atoms with Crippen molar-refractivity contribution in [1.29, 1.82) is 0 Å². The molecule has 0 aromatic heterocycles. The van der Waals surface area contributed by atoms with Crippen LogP contribution in [-0.4, -0.2) is 48.7 Å². The van der Waals surface area contributed by atoms with Gasteiger partial charge in [0.1, 0.15) is 0 Å². The molecule has 1 atom stereocenters. The van der Waals surface area contributed by atoms with Gasteiger partial charge in [-0.15, -0.1) is 0 Å². The molecule has 1 heterocycles. The van der Waals surface area contributed by atoms with E-state index in [1.54, 1.807) is 0 Å². The molecule has 1 saturated heterocycles. The fourth-order valence-corrected chi connectivity index (χ4v) is 1.64. The molecule has 0 aromatic carbocycles. The van der Waals surface area contributed by atoms with Gasteiger partial charge in [-0.1, -0.05) is 0 Å². The third-order valence-corrected chi connectivity index (χ3v) is 2.33. The lowest BCUT2D eigenvalue weighted by atomic mass is 10.1. The highest BCUT2D eigenvalue weighted by atomic mass is 16.5. The number of carbonyl (C=O) groups excluding carboxylic acids is 1. The van der Waals surface area contributed by atoms with Gasteiger partial charge in [-0.3, -0.25) is 9.69 Å². The van der Waals surface area contributed by atoms with E-state index in [1.165, 1.54) is 0 Å². The molecule has 0 aliphatic carbocycles. The fraction of sp³-hybridized carbons (Fsp3) is 0.889. The van der Waals surface area contributed by atoms with E-state index in [0.717, 1.165) is 13.1 Å². The first-order valence-corrected chi connectivity index (χ1v) is 4.82. The summed E-state index contributed by atoms with van der Waals surface area (Å²) in [6, 6.07) is -0.580. The van der Waals surface area contributed by atoms with E-state index in [9.17, 15) is 4.79 Å². The molecule has 0 spiro atoms. The first-order chi connectivity index (χ1) is 6.41. The summed E-state index contributed by atoms with van der Waals surface area (Å²) >= 11 is 0. The van der Waals surface area contributed by atoms with Gasteiger partial charge in [-0.25, -0.2) is 0 Å². The maximum atomic E-state index is 10.8. The van der Waals surface area contributed by atoms with E-state index in [-0.39, 0.29) is 5.60 Å². The molecular weight excluding hydrogens is 182 g/mol. The van der Waals surface area contributed by atoms with Crippen LogP contribution in [0.1, 0.15) is 13.8 Å². The number of hydrogen-bond acceptors (Lipinski definition) is 4. The molecule has 0 aromatic rings. The number of hydrogen-bond donors (Lipinski definition) is 2. The van der Waals surface area contributed by atoms with Crippen molar-refractivity contribution in [3.63, 3.8) is 0 Å². The summed E-state index contributed by atoms with van der Waals surface area (Å²) in [4.78, 5) is 12.9. The molecule has 82 valence electrons. The minimum atomic E-state index is -0.580. The average molecular weight is 201 g/mol. The Hall–Kier alpha value is -0.650. The fourth-order valence-electron chi connectivity index (χ4n) is 1.64. The van der Waals surface area contributed by atoms with Crippen molar-refractivity contribution in [2.75, 3.05) is 26.2 Å². The van der Waals surface area contributed by atoms with Crippen LogP contribution in [0, 0.1) is 0 Å². The van der Waals surface area contributed by atoms with E-state index in [1.807, 2.05) is 13.8 Å². The highest BCUT2D eigenvalue weighted by Gasteiger charge is 2.28. The van der Waals surface area contributed by atoms with Gasteiger partial charge in [-0.2, -0.15) is 0 Å². The third-order valence-electron chi connectivity index (χ3n) is 2.33. The Morgan fingerprint density at radius 1 is 1.64 bits per heavy atom. The lowest BCUT2D eigenvalue weighted by Gasteiger charge is -2.38. The second-order valence-electron chi connectivity index (χ2n) is 4.35. The van der Waals surface area contributed by atoms with E-state index < -0.39 is 11.9 Å². The van der Waals surface area contributed by atoms with Gasteiger partial charge in [0.25, 0.3) is 0 Å². The maximum absolute atomic E-state index is 10.8. The highest BCUT2D eigenvalue weighted by molar-refractivity contribution is 5.79. The first-order valence-electron chi connectivity index (χ1n) is 4.82. The number of primary amides is 1. The molecule has 0 bridgehead atoms. The Bertz CT molecular complexity index is 218. The number of morpholine rings is 1. The number of amides is 1. The Morgan fingerprint density at radius 3 is 2.79 bits per heavy atom. The van der Waals surface area contributed by atoms with Crippen molar-refractivity contribution in [2.24, 2.45) is 11.5 Å². The zero-order chi connectivity index (χ0) is 10.8. The van der Waals surface area contributed by atoms with Crippen molar-refractivity contribution in [3.8, 4) is 0 Å². The summed E-state index contributed by atoms with van der Waals surface area (Å²) < 4.78 is 5.54. The SMILES string of the molecule is CC1(C)CN(CC(N)C(N)=O)CCO1. The first kappa shape index (κ1) is 11.4. The lowest BCUT2D eigenvalue weighted by Crippen LogP contribution is -2.54. The average Bonchev–Trinajstić information content (AvgIpc) is 2.01. The van der Waals surface area contributed by atoms with Gasteiger partial charge in [0, 0.05) is 19.6 Å². The number of carbonyl (C=O) groups is 1. The number of rotatable bonds is 3. The van der Waals surface area contributed by atoms with Gasteiger partial charge in [0.2, 0.25) is 5.91 Å². The molecule has 1 aliphatic rings. The second kappa shape index (κ2) is 4.25. The van der Waals surface area contributed by atoms with Crippen molar-refractivity contribution in [1.82, 2.24) is 4.90 Å². The highest BCUT2D eigenvalue weighted by Crippen LogP contribution is 2.15. The normalized spacial score (nSPS) is 24.5. The van der Waals surface area contributed by atoms with Crippen molar-refractivity contribution >= 4 is 5.91 Å². The minimum absolute atomic E-state index is 0.157. The number of nitrogens with two attached hydrogens (primary N) is 2. The smallest absolute Gasteiger partial charge is 0.235 e. The molecule has 1 unspecified atom stereocenters. The van der Waals surface area contributed by atoms with Crippen molar-refractivity contribution < 1.29 is 9.53 Å². The van der Waals surface area contributed by atoms with Crippen LogP contribution in [0.3, 0.4) is 0 Å². The molecule has 1 amide bonds. The third kappa shape index (κ3) is 3.25. The summed E-state index contributed by atoms with van der Waals surface area (Å²) in [5, 5.41) is 0. The van der Waals surface area contributed by atoms with Crippen LogP contribution in [-0.2, 0) is 9.53 Å². The Balaban J connectivity index is 2.42. The predicted octanol–water partition coefficient (Wildman–Crippen LogP) is -1.09. The molecule has 1 rings (SSSR count). The molecule has 14 heavy (non-hydrogen) atoms. The molecule has 1 fully saturated rings. The van der Waals surface area contributed by atoms with Gasteiger partial charge >= 0.3 is 0 Å². The second-order valence-corrected chi connectivity index (χ2v) is 4.35. The van der Waals surface area contributed by atoms with E-state index in [0.29, 0.717) is 13.2 Å². The predicted molar refractivity (Wildman–Crippen MR) is 53.6 cm³/mol. The summed E-state index contributed by atoms with van der Waals surface area (Å²) in [6.07, 6.45) is 0. The number of ether oxygens (including phenoxy) is 1. The van der Waals surface area contributed by atoms with Crippen LogP contribution in [0.25, 0.3) is 0 Å². The van der Waals surface area contributed by atoms with Crippen LogP contribution in [0.5, 0.6) is 0 Å². The van der Waals surface area contributed by atoms with E-state index in [2.05, 4.69) is 4.90 Å². The summed E-state index contributed by atoms with van der Waals surface area (Å²) in [5.41, 5.74) is 10.5. The molecule has 5 nitrogen and oxygen atoms in total. The maximum Gasteiger partial charge on any atom is 0.235 e. The van der Waals surface area contributed by atoms with E-state index in [4.69, 9.17) is 16.2 Å². The van der Waals surface area contributed by atoms with Gasteiger partial charge < -0.3 is 16.2 Å². The largest absolute Gasteiger partial charge is 0.373 e. The van der Waals surface area contributed by atoms with Crippen LogP contribution in [0.2, 0.25) is 0 Å². The molecular formula is C9H19N3O2. The molecule has 5 heteroatoms. The molecule has 0 radical (unpaired) electrons. The Morgan fingerprint density at radius 2 is 2.29 bits per heavy atom. The Kier molecular flexibility index (Phi) is 3.47. The van der Waals surface area contributed by atoms with E-state index >= 15 is 0 Å². The Labute approximate surface area is 84.4 Å². The quantitative estimate of drug-likeness (QED) is 0.608. The van der Waals surface area contributed by atoms with Crippen LogP contribution < -0.4 is 11.5 Å². The van der Waals surface area contributed by atoms with Crippen molar-refractivity contribution in [2.45, 2.75) is 25.5 Å². The molecule has 4 N–H and O–H groups in total. The monoisotopic (exact) mass is 201 g/mol. The molecule has 1 aliphatic heterocycles. The van der Waals surface area contributed by atoms with Crippen molar-refractivity contribution in [3.05, 3.63) is 0 Å². The summed E-state index contributed by atoms with van der Waals surface area (Å²) in [5.74, 6) is -0.450. The van der Waals surface area contributed by atoms with Gasteiger partial charge in [0.15, 0.2) is 0 Å². The van der Waals surface area contributed by atoms with Crippen LogP contribution in [0.15, 0.2) is 0 Å². The van der Waals surface area contributed by atoms with Gasteiger partial charge in [0.05, 0.1) is 18.2 Å². The molecule has 0 saturated carbocycles. The standard InChI is InChI=1S/C9H19N3O2/c1-9(2)6-12(3-4-14-9)5-7(10)8(11)13/h7H,3-6,10H2,1-2H3,(H2,11,13). The summed E-state index contributed by atoms with van der Waals surface area (Å²) in [7, 11) is 0. The lowest BCUT2D eigenvalue weighted by molar-refractivity contribution is -0.121. The van der Waals surface area contributed by atoms with Crippen LogP contribution >= 0.6 is 0 Å².